The number of hydrogen-bond donors (Lipinski definition) is 2. The van der Waals surface area contributed by atoms with E-state index in [0.717, 1.165) is 11.4 Å². The van der Waals surface area contributed by atoms with Crippen molar-refractivity contribution in [3.05, 3.63) is 36.9 Å². The fourth-order valence-corrected chi connectivity index (χ4v) is 3.06. The fraction of sp³-hybridized carbons (Fsp3) is 0.500. The van der Waals surface area contributed by atoms with Gasteiger partial charge in [-0.3, -0.25) is 0 Å². The van der Waals surface area contributed by atoms with Crippen LogP contribution in [0.3, 0.4) is 0 Å². The van der Waals surface area contributed by atoms with Crippen LogP contribution in [0.2, 0.25) is 0 Å². The monoisotopic (exact) mass is 318 g/mol. The summed E-state index contributed by atoms with van der Waals surface area (Å²) in [6, 6.07) is 8.34. The molecule has 3 nitrogen and oxygen atoms in total. The maximum Gasteiger partial charge on any atom is 0.170 e. The number of rotatable bonds is 5. The van der Waals surface area contributed by atoms with Crippen LogP contribution in [0.25, 0.3) is 0 Å². The van der Waals surface area contributed by atoms with Gasteiger partial charge in [-0.1, -0.05) is 50.8 Å². The van der Waals surface area contributed by atoms with E-state index in [4.69, 9.17) is 17.0 Å². The molecule has 0 spiro atoms. The molecule has 0 radical (unpaired) electrons. The molecule has 1 aliphatic rings. The van der Waals surface area contributed by atoms with Crippen molar-refractivity contribution in [1.82, 2.24) is 5.32 Å². The Kier molecular flexibility index (Phi) is 7.23. The lowest BCUT2D eigenvalue weighted by molar-refractivity contribution is 0.363. The van der Waals surface area contributed by atoms with Crippen LogP contribution in [0.4, 0.5) is 5.69 Å². The Morgan fingerprint density at radius 2 is 1.95 bits per heavy atom. The normalized spacial score (nSPS) is 16.2. The molecule has 0 aromatic heterocycles. The van der Waals surface area contributed by atoms with E-state index in [0.29, 0.717) is 17.8 Å². The van der Waals surface area contributed by atoms with Crippen molar-refractivity contribution in [2.75, 3.05) is 11.9 Å². The highest BCUT2D eigenvalue weighted by Crippen LogP contribution is 2.19. The van der Waals surface area contributed by atoms with Crippen LogP contribution in [-0.4, -0.2) is 17.8 Å². The summed E-state index contributed by atoms with van der Waals surface area (Å²) in [5.41, 5.74) is 0.949. The molecule has 0 heterocycles. The van der Waals surface area contributed by atoms with Crippen molar-refractivity contribution < 1.29 is 4.74 Å². The van der Waals surface area contributed by atoms with Gasteiger partial charge in [0.05, 0.1) is 0 Å². The topological polar surface area (TPSA) is 33.3 Å². The van der Waals surface area contributed by atoms with Crippen molar-refractivity contribution in [2.24, 2.45) is 0 Å². The molecule has 0 bridgehead atoms. The molecule has 22 heavy (non-hydrogen) atoms. The van der Waals surface area contributed by atoms with E-state index in [1.54, 1.807) is 6.08 Å². The van der Waals surface area contributed by atoms with Gasteiger partial charge in [-0.2, -0.15) is 0 Å². The highest BCUT2D eigenvalue weighted by molar-refractivity contribution is 7.80. The van der Waals surface area contributed by atoms with E-state index in [-0.39, 0.29) is 0 Å². The second-order valence-corrected chi connectivity index (χ2v) is 6.18. The molecule has 0 amide bonds. The van der Waals surface area contributed by atoms with Crippen LogP contribution in [-0.2, 0) is 0 Å². The van der Waals surface area contributed by atoms with E-state index >= 15 is 0 Å². The molecule has 0 saturated heterocycles. The standard InChI is InChI=1S/C18H26N2OS/c1-2-13-21-17-12-8-11-16(14-17)20-18(22)19-15-9-6-4-3-5-7-10-15/h2,8,11-12,14-15H,1,3-7,9-10,13H2,(H2,19,20,22). The summed E-state index contributed by atoms with van der Waals surface area (Å²) < 4.78 is 5.54. The summed E-state index contributed by atoms with van der Waals surface area (Å²) in [7, 11) is 0. The maximum atomic E-state index is 5.54. The highest BCUT2D eigenvalue weighted by atomic mass is 32.1. The predicted octanol–water partition coefficient (Wildman–Crippen LogP) is 4.65. The van der Waals surface area contributed by atoms with E-state index in [1.165, 1.54) is 44.9 Å². The number of anilines is 1. The average molecular weight is 318 g/mol. The maximum absolute atomic E-state index is 5.54. The summed E-state index contributed by atoms with van der Waals surface area (Å²) in [6.45, 7) is 4.16. The third-order valence-electron chi connectivity index (χ3n) is 3.90. The van der Waals surface area contributed by atoms with Gasteiger partial charge >= 0.3 is 0 Å². The Balaban J connectivity index is 1.83. The highest BCUT2D eigenvalue weighted by Gasteiger charge is 2.12. The second-order valence-electron chi connectivity index (χ2n) is 5.77. The van der Waals surface area contributed by atoms with Gasteiger partial charge in [0.15, 0.2) is 5.11 Å². The van der Waals surface area contributed by atoms with E-state index < -0.39 is 0 Å². The van der Waals surface area contributed by atoms with Crippen LogP contribution >= 0.6 is 12.2 Å². The first-order valence-electron chi connectivity index (χ1n) is 8.19. The zero-order valence-electron chi connectivity index (χ0n) is 13.1. The smallest absolute Gasteiger partial charge is 0.170 e. The van der Waals surface area contributed by atoms with Gasteiger partial charge < -0.3 is 15.4 Å². The van der Waals surface area contributed by atoms with Gasteiger partial charge in [0, 0.05) is 17.8 Å². The van der Waals surface area contributed by atoms with Crippen LogP contribution in [0.5, 0.6) is 5.75 Å². The van der Waals surface area contributed by atoms with E-state index in [2.05, 4.69) is 17.2 Å². The molecule has 1 fully saturated rings. The molecule has 1 aromatic rings. The average Bonchev–Trinajstić information content (AvgIpc) is 2.48. The zero-order chi connectivity index (χ0) is 15.6. The molecule has 2 N–H and O–H groups in total. The first-order chi connectivity index (χ1) is 10.8. The quantitative estimate of drug-likeness (QED) is 0.611. The SMILES string of the molecule is C=CCOc1cccc(NC(=S)NC2CCCCCCC2)c1. The van der Waals surface area contributed by atoms with Crippen LogP contribution in [0.15, 0.2) is 36.9 Å². The van der Waals surface area contributed by atoms with Crippen molar-refractivity contribution >= 4 is 23.0 Å². The summed E-state index contributed by atoms with van der Waals surface area (Å²) in [5, 5.41) is 7.42. The third-order valence-corrected chi connectivity index (χ3v) is 4.12. The minimum absolute atomic E-state index is 0.500. The molecule has 1 saturated carbocycles. The Morgan fingerprint density at radius 3 is 2.68 bits per heavy atom. The van der Waals surface area contributed by atoms with Gasteiger partial charge in [0.2, 0.25) is 0 Å². The molecule has 4 heteroatoms. The van der Waals surface area contributed by atoms with E-state index in [9.17, 15) is 0 Å². The largest absolute Gasteiger partial charge is 0.489 e. The van der Waals surface area contributed by atoms with Crippen molar-refractivity contribution in [3.8, 4) is 5.75 Å². The van der Waals surface area contributed by atoms with Gasteiger partial charge in [-0.05, 0) is 37.2 Å². The fourth-order valence-electron chi connectivity index (χ4n) is 2.77. The van der Waals surface area contributed by atoms with E-state index in [1.807, 2.05) is 24.3 Å². The Bertz CT molecular complexity index is 482. The van der Waals surface area contributed by atoms with Crippen molar-refractivity contribution in [1.29, 1.82) is 0 Å². The first-order valence-corrected chi connectivity index (χ1v) is 8.60. The minimum atomic E-state index is 0.500. The molecule has 0 atom stereocenters. The summed E-state index contributed by atoms with van der Waals surface area (Å²) in [5.74, 6) is 0.818. The second kappa shape index (κ2) is 9.46. The number of ether oxygens (including phenoxy) is 1. The third kappa shape index (κ3) is 6.06. The molecular formula is C18H26N2OS. The molecule has 0 aliphatic heterocycles. The number of nitrogens with one attached hydrogen (secondary N) is 2. The van der Waals surface area contributed by atoms with Crippen LogP contribution < -0.4 is 15.4 Å². The predicted molar refractivity (Wildman–Crippen MR) is 97.6 cm³/mol. The lowest BCUT2D eigenvalue weighted by Gasteiger charge is -2.23. The van der Waals surface area contributed by atoms with Gasteiger partial charge in [-0.25, -0.2) is 0 Å². The summed E-state index contributed by atoms with van der Waals surface area (Å²) >= 11 is 5.45. The molecule has 2 rings (SSSR count). The molecular weight excluding hydrogens is 292 g/mol. The Hall–Kier alpha value is -1.55. The minimum Gasteiger partial charge on any atom is -0.489 e. The molecule has 120 valence electrons. The number of hydrogen-bond acceptors (Lipinski definition) is 2. The number of thiocarbonyl (C=S) groups is 1. The Labute approximate surface area is 139 Å². The number of benzene rings is 1. The molecule has 0 unspecified atom stereocenters. The zero-order valence-corrected chi connectivity index (χ0v) is 14.0. The van der Waals surface area contributed by atoms with Gasteiger partial charge in [-0.15, -0.1) is 0 Å². The van der Waals surface area contributed by atoms with Crippen LogP contribution in [0, 0.1) is 0 Å². The Morgan fingerprint density at radius 1 is 1.23 bits per heavy atom. The van der Waals surface area contributed by atoms with Gasteiger partial charge in [0.25, 0.3) is 0 Å². The van der Waals surface area contributed by atoms with Crippen molar-refractivity contribution in [3.63, 3.8) is 0 Å². The summed E-state index contributed by atoms with van der Waals surface area (Å²) in [4.78, 5) is 0. The lowest BCUT2D eigenvalue weighted by atomic mass is 9.97. The summed E-state index contributed by atoms with van der Waals surface area (Å²) in [6.07, 6.45) is 10.8. The van der Waals surface area contributed by atoms with Gasteiger partial charge in [0.1, 0.15) is 12.4 Å². The van der Waals surface area contributed by atoms with Crippen molar-refractivity contribution in [2.45, 2.75) is 51.0 Å². The first kappa shape index (κ1) is 16.8. The van der Waals surface area contributed by atoms with Crippen LogP contribution in [0.1, 0.15) is 44.9 Å². The molecule has 1 aliphatic carbocycles. The molecule has 1 aromatic carbocycles. The lowest BCUT2D eigenvalue weighted by Crippen LogP contribution is -2.38.